The van der Waals surface area contributed by atoms with Crippen molar-refractivity contribution in [3.8, 4) is 33.9 Å². The molecule has 6 rings (SSSR count). The maximum atomic E-state index is 4.92. The van der Waals surface area contributed by atoms with Crippen LogP contribution in [0.5, 0.6) is 0 Å². The van der Waals surface area contributed by atoms with Gasteiger partial charge in [0, 0.05) is 37.6 Å². The lowest BCUT2D eigenvalue weighted by atomic mass is 10.1. The molecule has 6 aromatic rings. The highest BCUT2D eigenvalue weighted by atomic mass is 15.1. The molecule has 4 heterocycles. The van der Waals surface area contributed by atoms with Gasteiger partial charge in [-0.05, 0) is 54.1 Å². The second-order valence-electron chi connectivity index (χ2n) is 7.98. The molecule has 4 aromatic heterocycles. The van der Waals surface area contributed by atoms with E-state index in [1.807, 2.05) is 67.5 Å². The molecule has 7 heteroatoms. The average molecular weight is 429 g/mol. The Balaban J connectivity index is 1.48. The first-order chi connectivity index (χ1) is 16.2. The molecule has 0 saturated carbocycles. The van der Waals surface area contributed by atoms with Crippen molar-refractivity contribution in [2.75, 3.05) is 19.0 Å². The van der Waals surface area contributed by atoms with Gasteiger partial charge in [-0.25, -0.2) is 9.97 Å². The number of aromatic amines is 2. The number of anilines is 1. The summed E-state index contributed by atoms with van der Waals surface area (Å²) < 4.78 is 0. The number of rotatable bonds is 4. The predicted octanol–water partition coefficient (Wildman–Crippen LogP) is 4.90. The van der Waals surface area contributed by atoms with Crippen LogP contribution in [0.3, 0.4) is 0 Å². The average Bonchev–Trinajstić information content (AvgIpc) is 3.48. The van der Waals surface area contributed by atoms with E-state index < -0.39 is 0 Å². The van der Waals surface area contributed by atoms with Gasteiger partial charge in [0.05, 0.1) is 27.9 Å². The molecule has 0 aliphatic carbocycles. The first-order valence-corrected chi connectivity index (χ1v) is 10.5. The molecule has 2 N–H and O–H groups in total. The van der Waals surface area contributed by atoms with Gasteiger partial charge in [-0.3, -0.25) is 10.1 Å². The number of para-hydroxylation sites is 1. The number of hydrogen-bond acceptors (Lipinski definition) is 5. The Morgan fingerprint density at radius 1 is 0.879 bits per heavy atom. The quantitative estimate of drug-likeness (QED) is 0.416. The molecule has 2 aromatic carbocycles. The van der Waals surface area contributed by atoms with Gasteiger partial charge in [-0.1, -0.05) is 18.2 Å². The van der Waals surface area contributed by atoms with Crippen molar-refractivity contribution >= 4 is 27.8 Å². The van der Waals surface area contributed by atoms with E-state index in [0.717, 1.165) is 50.1 Å². The number of H-pyrrole nitrogens is 2. The third kappa shape index (κ3) is 3.25. The molecule has 7 nitrogen and oxygen atoms in total. The zero-order valence-electron chi connectivity index (χ0n) is 18.1. The second kappa shape index (κ2) is 7.46. The Morgan fingerprint density at radius 3 is 2.61 bits per heavy atom. The highest BCUT2D eigenvalue weighted by Crippen LogP contribution is 2.31. The highest BCUT2D eigenvalue weighted by molar-refractivity contribution is 5.96. The molecule has 0 atom stereocenters. The fourth-order valence-corrected chi connectivity index (χ4v) is 3.94. The summed E-state index contributed by atoms with van der Waals surface area (Å²) in [6.07, 6.45) is 3.57. The van der Waals surface area contributed by atoms with Crippen molar-refractivity contribution in [3.05, 3.63) is 79.1 Å². The van der Waals surface area contributed by atoms with E-state index >= 15 is 0 Å². The summed E-state index contributed by atoms with van der Waals surface area (Å²) in [4.78, 5) is 19.4. The Labute approximate surface area is 190 Å². The Morgan fingerprint density at radius 2 is 1.76 bits per heavy atom. The minimum Gasteiger partial charge on any atom is -0.371 e. The van der Waals surface area contributed by atoms with Crippen LogP contribution >= 0.6 is 0 Å². The lowest BCUT2D eigenvalue weighted by Crippen LogP contribution is -2.07. The number of benzene rings is 1. The van der Waals surface area contributed by atoms with Gasteiger partial charge >= 0.3 is 0 Å². The number of nitrogens with one attached hydrogen (secondary N) is 2. The lowest BCUT2D eigenvalue weighted by molar-refractivity contribution is 1.10. The Kier molecular flexibility index (Phi) is 4.30. The van der Waals surface area contributed by atoms with Crippen molar-refractivity contribution in [1.82, 2.24) is 30.1 Å². The molecule has 0 aliphatic rings. The molecule has 0 aliphatic heterocycles. The van der Waals surface area contributed by atoms with E-state index in [4.69, 9.17) is 9.97 Å². The van der Waals surface area contributed by atoms with Crippen molar-refractivity contribution < 1.29 is 0 Å². The van der Waals surface area contributed by atoms with Crippen molar-refractivity contribution in [1.29, 1.82) is 0 Å². The van der Waals surface area contributed by atoms with Gasteiger partial charge < -0.3 is 9.88 Å². The normalized spacial score (nSPS) is 11.1. The van der Waals surface area contributed by atoms with E-state index in [1.165, 1.54) is 0 Å². The molecule has 0 unspecified atom stereocenters. The van der Waals surface area contributed by atoms with E-state index in [9.17, 15) is 0 Å². The van der Waals surface area contributed by atoms with Gasteiger partial charge in [0.25, 0.3) is 0 Å². The van der Waals surface area contributed by atoms with Crippen molar-refractivity contribution in [2.24, 2.45) is 0 Å². The monoisotopic (exact) mass is 429 g/mol. The number of nitrogens with zero attached hydrogens (tertiary/aromatic N) is 5. The van der Waals surface area contributed by atoms with Gasteiger partial charge in [0.15, 0.2) is 11.5 Å². The minimum absolute atomic E-state index is 0.671. The molecule has 33 heavy (non-hydrogen) atoms. The summed E-state index contributed by atoms with van der Waals surface area (Å²) in [5, 5.41) is 7.61. The second-order valence-corrected chi connectivity index (χ2v) is 7.98. The van der Waals surface area contributed by atoms with Gasteiger partial charge in [0.1, 0.15) is 5.52 Å². The summed E-state index contributed by atoms with van der Waals surface area (Å²) in [5.41, 5.74) is 8.98. The molecule has 0 fully saturated rings. The Bertz CT molecular complexity index is 1600. The first-order valence-electron chi connectivity index (χ1n) is 10.5. The number of aromatic nitrogens is 6. The summed E-state index contributed by atoms with van der Waals surface area (Å²) in [6.45, 7) is 0. The molecular formula is C26H19N7. The molecule has 0 radical (unpaired) electrons. The number of imidazole rings is 1. The summed E-state index contributed by atoms with van der Waals surface area (Å²) in [5.74, 6) is 0.671. The molecule has 0 amide bonds. The largest absolute Gasteiger partial charge is 0.371 e. The third-order valence-electron chi connectivity index (χ3n) is 5.63. The molecule has 0 bridgehead atoms. The van der Waals surface area contributed by atoms with Crippen LogP contribution in [0.1, 0.15) is 0 Å². The minimum atomic E-state index is 0.671. The van der Waals surface area contributed by atoms with Gasteiger partial charge in [0.2, 0.25) is 0 Å². The molecular weight excluding hydrogens is 410 g/mol. The van der Waals surface area contributed by atoms with Crippen LogP contribution in [0.2, 0.25) is 0 Å². The van der Waals surface area contributed by atoms with Crippen LogP contribution in [0.4, 0.5) is 5.69 Å². The number of hydrogen-bond donors (Lipinski definition) is 2. The molecule has 0 spiro atoms. The smallest absolute Gasteiger partial charge is 0.161 e. The standard InChI is InChI=1S/C26H19N7/c1-33(2)18-6-3-5-17(15-18)20-9-10-22-24(28-20)25(32-31-22)26-29-21-8-4-7-19(23(21)30-26)16-11-13-27-14-12-16/h4-5,7-15H,1-2H3,(H,29,30)(H,31,32). The maximum absolute atomic E-state index is 4.92. The van der Waals surface area contributed by atoms with Crippen molar-refractivity contribution in [2.45, 2.75) is 0 Å². The fraction of sp³-hybridized carbons (Fsp3) is 0.0769. The predicted molar refractivity (Wildman–Crippen MR) is 130 cm³/mol. The van der Waals surface area contributed by atoms with Crippen LogP contribution in [0.15, 0.2) is 67.0 Å². The number of pyridine rings is 2. The summed E-state index contributed by atoms with van der Waals surface area (Å²) >= 11 is 0. The number of fused-ring (bicyclic) bond motifs is 2. The van der Waals surface area contributed by atoms with Crippen LogP contribution in [-0.4, -0.2) is 44.2 Å². The zero-order valence-corrected chi connectivity index (χ0v) is 18.1. The summed E-state index contributed by atoms with van der Waals surface area (Å²) in [6, 6.07) is 24.2. The first kappa shape index (κ1) is 19.0. The van der Waals surface area contributed by atoms with Gasteiger partial charge in [-0.2, -0.15) is 5.10 Å². The highest BCUT2D eigenvalue weighted by Gasteiger charge is 2.17. The third-order valence-corrected chi connectivity index (χ3v) is 5.63. The molecule has 0 saturated heterocycles. The maximum Gasteiger partial charge on any atom is 0.161 e. The van der Waals surface area contributed by atoms with Gasteiger partial charge in [-0.15, -0.1) is 0 Å². The van der Waals surface area contributed by atoms with Crippen LogP contribution in [0, 0.1) is 12.1 Å². The van der Waals surface area contributed by atoms with Crippen LogP contribution in [0.25, 0.3) is 56.0 Å². The van der Waals surface area contributed by atoms with Crippen LogP contribution < -0.4 is 4.90 Å². The van der Waals surface area contributed by atoms with Crippen LogP contribution in [-0.2, 0) is 0 Å². The topological polar surface area (TPSA) is 86.4 Å². The molecule has 158 valence electrons. The lowest BCUT2D eigenvalue weighted by Gasteiger charge is -2.10. The summed E-state index contributed by atoms with van der Waals surface area (Å²) in [7, 11) is 3.96. The van der Waals surface area contributed by atoms with E-state index in [-0.39, 0.29) is 0 Å². The zero-order chi connectivity index (χ0) is 22.4. The Hall–Kier alpha value is -4.70. The van der Waals surface area contributed by atoms with Crippen molar-refractivity contribution in [3.63, 3.8) is 0 Å². The van der Waals surface area contributed by atoms with E-state index in [0.29, 0.717) is 11.5 Å². The fourth-order valence-electron chi connectivity index (χ4n) is 3.94. The van der Waals surface area contributed by atoms with E-state index in [2.05, 4.69) is 38.4 Å². The SMILES string of the molecule is CN(C)c1c#ccc(-c2ccc3[nH]nc(-c4nc5c(-c6ccncc6)cccc5[nH]4)c3n2)c1. The van der Waals surface area contributed by atoms with E-state index in [1.54, 1.807) is 12.4 Å².